The Morgan fingerprint density at radius 3 is 2.48 bits per heavy atom. The number of alkyl halides is 3. The first-order valence-corrected chi connectivity index (χ1v) is 7.01. The van der Waals surface area contributed by atoms with E-state index in [2.05, 4.69) is 9.64 Å². The molecular weight excluding hydrogens is 283 g/mol. The molecule has 1 aromatic carbocycles. The molecule has 1 atom stereocenters. The molecule has 0 aromatic heterocycles. The zero-order valence-electron chi connectivity index (χ0n) is 12.0. The number of hydrogen-bond donors (Lipinski definition) is 1. The lowest BCUT2D eigenvalue weighted by atomic mass is 9.88. The number of rotatable bonds is 3. The first-order chi connectivity index (χ1) is 9.76. The van der Waals surface area contributed by atoms with Crippen LogP contribution in [0.3, 0.4) is 0 Å². The van der Waals surface area contributed by atoms with Crippen molar-refractivity contribution in [3.8, 4) is 5.75 Å². The Bertz CT molecular complexity index is 461. The van der Waals surface area contributed by atoms with Crippen LogP contribution in [0.1, 0.15) is 24.8 Å². The maximum Gasteiger partial charge on any atom is 0.573 e. The Morgan fingerprint density at radius 1 is 1.19 bits per heavy atom. The van der Waals surface area contributed by atoms with Gasteiger partial charge in [-0.15, -0.1) is 13.2 Å². The quantitative estimate of drug-likeness (QED) is 0.932. The summed E-state index contributed by atoms with van der Waals surface area (Å²) < 4.78 is 40.1. The van der Waals surface area contributed by atoms with E-state index in [0.717, 1.165) is 25.1 Å². The minimum Gasteiger partial charge on any atom is -0.406 e. The standard InChI is InChI=1S/C15H20F3NO2/c1-19-9-2-7-14(20,8-10-19)11-12-3-5-13(6-4-12)21-15(16,17)18/h3-6,20H,2,7-11H2,1H3. The Morgan fingerprint density at radius 2 is 1.86 bits per heavy atom. The Kier molecular flexibility index (Phi) is 4.78. The third-order valence-electron chi connectivity index (χ3n) is 3.83. The lowest BCUT2D eigenvalue weighted by Gasteiger charge is -2.26. The van der Waals surface area contributed by atoms with Gasteiger partial charge in [-0.1, -0.05) is 12.1 Å². The fourth-order valence-corrected chi connectivity index (χ4v) is 2.68. The molecule has 2 rings (SSSR count). The minimum absolute atomic E-state index is 0.237. The van der Waals surface area contributed by atoms with E-state index >= 15 is 0 Å². The van der Waals surface area contributed by atoms with Crippen LogP contribution in [0, 0.1) is 0 Å². The van der Waals surface area contributed by atoms with Gasteiger partial charge in [0, 0.05) is 13.0 Å². The zero-order valence-corrected chi connectivity index (χ0v) is 12.0. The van der Waals surface area contributed by atoms with E-state index in [4.69, 9.17) is 0 Å². The van der Waals surface area contributed by atoms with E-state index in [1.165, 1.54) is 12.1 Å². The van der Waals surface area contributed by atoms with Crippen molar-refractivity contribution in [3.05, 3.63) is 29.8 Å². The lowest BCUT2D eigenvalue weighted by molar-refractivity contribution is -0.274. The average molecular weight is 303 g/mol. The van der Waals surface area contributed by atoms with Gasteiger partial charge < -0.3 is 14.7 Å². The molecule has 1 aromatic rings. The van der Waals surface area contributed by atoms with Crippen molar-refractivity contribution in [2.45, 2.75) is 37.6 Å². The normalized spacial score (nSPS) is 24.6. The second kappa shape index (κ2) is 6.23. The van der Waals surface area contributed by atoms with Gasteiger partial charge in [0.1, 0.15) is 5.75 Å². The second-order valence-electron chi connectivity index (χ2n) is 5.75. The van der Waals surface area contributed by atoms with Crippen LogP contribution in [0.2, 0.25) is 0 Å². The molecule has 0 saturated carbocycles. The van der Waals surface area contributed by atoms with Gasteiger partial charge in [0.2, 0.25) is 0 Å². The van der Waals surface area contributed by atoms with Crippen molar-refractivity contribution in [1.82, 2.24) is 4.90 Å². The van der Waals surface area contributed by atoms with Crippen molar-refractivity contribution >= 4 is 0 Å². The van der Waals surface area contributed by atoms with Crippen LogP contribution in [0.15, 0.2) is 24.3 Å². The Balaban J connectivity index is 1.99. The van der Waals surface area contributed by atoms with E-state index < -0.39 is 12.0 Å². The summed E-state index contributed by atoms with van der Waals surface area (Å²) in [6.45, 7) is 1.78. The second-order valence-corrected chi connectivity index (χ2v) is 5.75. The summed E-state index contributed by atoms with van der Waals surface area (Å²) in [4.78, 5) is 2.18. The molecule has 6 heteroatoms. The minimum atomic E-state index is -4.68. The third-order valence-corrected chi connectivity index (χ3v) is 3.83. The van der Waals surface area contributed by atoms with Crippen molar-refractivity contribution in [2.24, 2.45) is 0 Å². The van der Waals surface area contributed by atoms with Gasteiger partial charge >= 0.3 is 6.36 Å². The van der Waals surface area contributed by atoms with E-state index in [1.54, 1.807) is 12.1 Å². The number of nitrogens with zero attached hydrogens (tertiary/aromatic N) is 1. The SMILES string of the molecule is CN1CCCC(O)(Cc2ccc(OC(F)(F)F)cc2)CC1. The van der Waals surface area contributed by atoms with Gasteiger partial charge in [-0.05, 0) is 50.6 Å². The third kappa shape index (κ3) is 5.21. The summed E-state index contributed by atoms with van der Waals surface area (Å²) >= 11 is 0. The van der Waals surface area contributed by atoms with Crippen LogP contribution in [0.4, 0.5) is 13.2 Å². The number of hydrogen-bond acceptors (Lipinski definition) is 3. The Hall–Kier alpha value is -1.27. The smallest absolute Gasteiger partial charge is 0.406 e. The largest absolute Gasteiger partial charge is 0.573 e. The Labute approximate surface area is 122 Å². The monoisotopic (exact) mass is 303 g/mol. The van der Waals surface area contributed by atoms with Crippen LogP contribution in [-0.4, -0.2) is 42.1 Å². The number of halogens is 3. The summed E-state index contributed by atoms with van der Waals surface area (Å²) in [6.07, 6.45) is -1.93. The highest BCUT2D eigenvalue weighted by atomic mass is 19.4. The van der Waals surface area contributed by atoms with Crippen molar-refractivity contribution in [1.29, 1.82) is 0 Å². The highest BCUT2D eigenvalue weighted by Gasteiger charge is 2.32. The molecule has 0 bridgehead atoms. The van der Waals surface area contributed by atoms with Crippen LogP contribution < -0.4 is 4.74 Å². The first kappa shape index (κ1) is 16.1. The molecule has 0 amide bonds. The molecule has 21 heavy (non-hydrogen) atoms. The summed E-state index contributed by atoms with van der Waals surface area (Å²) in [5.41, 5.74) is 0.0357. The van der Waals surface area contributed by atoms with Crippen molar-refractivity contribution in [2.75, 3.05) is 20.1 Å². The molecule has 3 nitrogen and oxygen atoms in total. The molecule has 0 radical (unpaired) electrons. The van der Waals surface area contributed by atoms with Crippen LogP contribution >= 0.6 is 0 Å². The number of ether oxygens (including phenoxy) is 1. The van der Waals surface area contributed by atoms with Crippen LogP contribution in [-0.2, 0) is 6.42 Å². The lowest BCUT2D eigenvalue weighted by Crippen LogP contribution is -2.32. The molecule has 1 N–H and O–H groups in total. The van der Waals surface area contributed by atoms with Crippen LogP contribution in [0.25, 0.3) is 0 Å². The highest BCUT2D eigenvalue weighted by Crippen LogP contribution is 2.28. The van der Waals surface area contributed by atoms with Gasteiger partial charge in [0.15, 0.2) is 0 Å². The van der Waals surface area contributed by atoms with Gasteiger partial charge in [-0.3, -0.25) is 0 Å². The summed E-state index contributed by atoms with van der Waals surface area (Å²) in [7, 11) is 2.02. The van der Waals surface area contributed by atoms with E-state index in [1.807, 2.05) is 7.05 Å². The van der Waals surface area contributed by atoms with Gasteiger partial charge in [-0.2, -0.15) is 0 Å². The molecule has 1 aliphatic heterocycles. The number of aliphatic hydroxyl groups is 1. The van der Waals surface area contributed by atoms with E-state index in [-0.39, 0.29) is 5.75 Å². The topological polar surface area (TPSA) is 32.7 Å². The molecule has 0 aliphatic carbocycles. The maximum atomic E-state index is 12.1. The first-order valence-electron chi connectivity index (χ1n) is 7.01. The maximum absolute atomic E-state index is 12.1. The van der Waals surface area contributed by atoms with Gasteiger partial charge in [0.25, 0.3) is 0 Å². The summed E-state index contributed by atoms with van der Waals surface area (Å²) in [5, 5.41) is 10.6. The molecular formula is C15H20F3NO2. The van der Waals surface area contributed by atoms with E-state index in [9.17, 15) is 18.3 Å². The molecule has 118 valence electrons. The highest BCUT2D eigenvalue weighted by molar-refractivity contribution is 5.28. The molecule has 1 aliphatic rings. The molecule has 1 unspecified atom stereocenters. The molecule has 1 heterocycles. The van der Waals surface area contributed by atoms with Crippen LogP contribution in [0.5, 0.6) is 5.75 Å². The fraction of sp³-hybridized carbons (Fsp3) is 0.600. The van der Waals surface area contributed by atoms with Gasteiger partial charge in [0.05, 0.1) is 5.60 Å². The summed E-state index contributed by atoms with van der Waals surface area (Å²) in [5.74, 6) is -0.237. The zero-order chi connectivity index (χ0) is 15.5. The molecule has 1 fully saturated rings. The average Bonchev–Trinajstić information content (AvgIpc) is 2.53. The fourth-order valence-electron chi connectivity index (χ4n) is 2.68. The number of likely N-dealkylation sites (tertiary alicyclic amines) is 1. The van der Waals surface area contributed by atoms with E-state index in [0.29, 0.717) is 19.3 Å². The molecule has 1 saturated heterocycles. The summed E-state index contributed by atoms with van der Waals surface area (Å²) in [6, 6.07) is 5.73. The predicted octanol–water partition coefficient (Wildman–Crippen LogP) is 2.97. The van der Waals surface area contributed by atoms with Crippen molar-refractivity contribution in [3.63, 3.8) is 0 Å². The molecule has 0 spiro atoms. The predicted molar refractivity (Wildman–Crippen MR) is 73.1 cm³/mol. The number of benzene rings is 1. The van der Waals surface area contributed by atoms with Crippen molar-refractivity contribution < 1.29 is 23.0 Å². The van der Waals surface area contributed by atoms with Gasteiger partial charge in [-0.25, -0.2) is 0 Å².